The van der Waals surface area contributed by atoms with E-state index in [1.165, 1.54) is 47.8 Å². The summed E-state index contributed by atoms with van der Waals surface area (Å²) < 4.78 is 35.8. The van der Waals surface area contributed by atoms with Crippen LogP contribution < -0.4 is 4.90 Å². The van der Waals surface area contributed by atoms with Crippen molar-refractivity contribution in [1.29, 1.82) is 0 Å². The molecule has 2 fully saturated rings. The topological polar surface area (TPSA) is 71.9 Å². The molecule has 1 saturated heterocycles. The second kappa shape index (κ2) is 9.56. The van der Waals surface area contributed by atoms with Crippen LogP contribution >= 0.6 is 0 Å². The minimum absolute atomic E-state index is 0.0779. The Morgan fingerprint density at radius 2 is 1.77 bits per heavy atom. The third kappa shape index (κ3) is 4.26. The molecule has 3 aliphatic rings. The van der Waals surface area contributed by atoms with Gasteiger partial charge in [-0.3, -0.25) is 4.79 Å². The highest BCUT2D eigenvalue weighted by Crippen LogP contribution is 2.40. The van der Waals surface area contributed by atoms with Crippen LogP contribution in [0.25, 0.3) is 11.6 Å². The lowest BCUT2D eigenvalue weighted by atomic mass is 9.95. The Hall–Kier alpha value is -2.42. The average molecular weight is 498 g/mol. The van der Waals surface area contributed by atoms with E-state index >= 15 is 0 Å². The second-order valence-corrected chi connectivity index (χ2v) is 11.7. The summed E-state index contributed by atoms with van der Waals surface area (Å²) in [5.41, 5.74) is 5.43. The summed E-state index contributed by atoms with van der Waals surface area (Å²) in [6, 6.07) is 7.75. The summed E-state index contributed by atoms with van der Waals surface area (Å²) in [7, 11) is -3.65. The van der Waals surface area contributed by atoms with Gasteiger partial charge in [-0.2, -0.15) is 4.31 Å². The molecule has 0 atom stereocenters. The molecule has 3 heterocycles. The number of sulfonamides is 1. The van der Waals surface area contributed by atoms with Gasteiger partial charge in [-0.1, -0.05) is 19.3 Å². The molecule has 1 amide bonds. The van der Waals surface area contributed by atoms with Crippen molar-refractivity contribution < 1.29 is 17.9 Å². The molecular weight excluding hydrogens is 462 g/mol. The summed E-state index contributed by atoms with van der Waals surface area (Å²) in [4.78, 5) is 15.4. The van der Waals surface area contributed by atoms with Crippen molar-refractivity contribution in [1.82, 2.24) is 8.87 Å². The fourth-order valence-corrected chi connectivity index (χ4v) is 7.33. The van der Waals surface area contributed by atoms with Crippen LogP contribution in [0.5, 0.6) is 0 Å². The van der Waals surface area contributed by atoms with E-state index in [2.05, 4.69) is 24.5 Å². The number of hydrogen-bond donors (Lipinski definition) is 0. The Kier molecular flexibility index (Phi) is 6.63. The maximum absolute atomic E-state index is 13.4. The molecule has 1 aromatic carbocycles. The van der Waals surface area contributed by atoms with E-state index in [-0.39, 0.29) is 10.8 Å². The molecule has 1 aromatic heterocycles. The van der Waals surface area contributed by atoms with Crippen LogP contribution in [-0.2, 0) is 19.6 Å². The molecule has 2 aliphatic heterocycles. The van der Waals surface area contributed by atoms with Crippen molar-refractivity contribution in [2.24, 2.45) is 0 Å². The fraction of sp³-hybridized carbons (Fsp3) is 0.519. The van der Waals surface area contributed by atoms with Crippen molar-refractivity contribution in [3.05, 3.63) is 46.8 Å². The van der Waals surface area contributed by atoms with Gasteiger partial charge in [0.05, 0.1) is 23.8 Å². The number of aromatic nitrogens is 1. The van der Waals surface area contributed by atoms with Crippen molar-refractivity contribution in [2.75, 3.05) is 37.7 Å². The third-order valence-electron chi connectivity index (χ3n) is 7.71. The Bertz CT molecular complexity index is 1270. The number of ether oxygens (including phenoxy) is 1. The van der Waals surface area contributed by atoms with E-state index in [0.717, 1.165) is 11.3 Å². The predicted molar refractivity (Wildman–Crippen MR) is 138 cm³/mol. The average Bonchev–Trinajstić information content (AvgIpc) is 3.31. The molecule has 35 heavy (non-hydrogen) atoms. The minimum Gasteiger partial charge on any atom is -0.379 e. The monoisotopic (exact) mass is 497 g/mol. The maximum atomic E-state index is 13.4. The number of hydrogen-bond acceptors (Lipinski definition) is 4. The first-order valence-corrected chi connectivity index (χ1v) is 14.2. The van der Waals surface area contributed by atoms with Gasteiger partial charge in [-0.15, -0.1) is 0 Å². The number of morpholine rings is 1. The van der Waals surface area contributed by atoms with Crippen LogP contribution in [0, 0.1) is 13.8 Å². The van der Waals surface area contributed by atoms with Gasteiger partial charge in [0.1, 0.15) is 0 Å². The van der Waals surface area contributed by atoms with Crippen molar-refractivity contribution in [2.45, 2.75) is 63.8 Å². The first kappa shape index (κ1) is 24.3. The van der Waals surface area contributed by atoms with Gasteiger partial charge in [-0.25, -0.2) is 8.42 Å². The number of fused-ring (bicyclic) bond motifs is 1. The smallest absolute Gasteiger partial charge is 0.258 e. The summed E-state index contributed by atoms with van der Waals surface area (Å²) >= 11 is 0. The van der Waals surface area contributed by atoms with Gasteiger partial charge in [0, 0.05) is 48.2 Å². The van der Waals surface area contributed by atoms with Crippen LogP contribution in [0.1, 0.15) is 67.6 Å². The van der Waals surface area contributed by atoms with Gasteiger partial charge in [-0.05, 0) is 69.5 Å². The van der Waals surface area contributed by atoms with Gasteiger partial charge in [0.15, 0.2) is 0 Å². The van der Waals surface area contributed by atoms with E-state index in [0.29, 0.717) is 50.0 Å². The lowest BCUT2D eigenvalue weighted by molar-refractivity contribution is -0.112. The van der Waals surface area contributed by atoms with Crippen LogP contribution in [0.2, 0.25) is 0 Å². The molecule has 5 rings (SSSR count). The number of anilines is 1. The highest BCUT2D eigenvalue weighted by atomic mass is 32.2. The molecule has 1 aliphatic carbocycles. The Balaban J connectivity index is 1.56. The molecule has 0 spiro atoms. The maximum Gasteiger partial charge on any atom is 0.258 e. The Morgan fingerprint density at radius 3 is 2.46 bits per heavy atom. The molecule has 7 nitrogen and oxygen atoms in total. The largest absolute Gasteiger partial charge is 0.379 e. The van der Waals surface area contributed by atoms with Gasteiger partial charge >= 0.3 is 0 Å². The third-order valence-corrected chi connectivity index (χ3v) is 9.61. The predicted octanol–water partition coefficient (Wildman–Crippen LogP) is 4.54. The number of nitrogens with zero attached hydrogens (tertiary/aromatic N) is 3. The van der Waals surface area contributed by atoms with E-state index in [9.17, 15) is 13.2 Å². The normalized spacial score (nSPS) is 21.2. The first-order chi connectivity index (χ1) is 16.8. The minimum atomic E-state index is -3.65. The molecular formula is C27H35N3O4S. The van der Waals surface area contributed by atoms with E-state index in [4.69, 9.17) is 4.74 Å². The fourth-order valence-electron chi connectivity index (χ4n) is 5.89. The van der Waals surface area contributed by atoms with Crippen LogP contribution in [0.3, 0.4) is 0 Å². The zero-order valence-corrected chi connectivity index (χ0v) is 21.7. The highest BCUT2D eigenvalue weighted by molar-refractivity contribution is 7.89. The van der Waals surface area contributed by atoms with E-state index < -0.39 is 10.0 Å². The van der Waals surface area contributed by atoms with E-state index in [1.54, 1.807) is 23.1 Å². The van der Waals surface area contributed by atoms with Crippen molar-refractivity contribution in [3.8, 4) is 0 Å². The lowest BCUT2D eigenvalue weighted by Crippen LogP contribution is -2.40. The molecule has 1 saturated carbocycles. The number of rotatable bonds is 5. The summed E-state index contributed by atoms with van der Waals surface area (Å²) in [5.74, 6) is -0.0779. The molecule has 8 heteroatoms. The summed E-state index contributed by atoms with van der Waals surface area (Å²) in [5, 5.41) is 0. The number of benzene rings is 1. The molecule has 0 radical (unpaired) electrons. The van der Waals surface area contributed by atoms with Gasteiger partial charge in [0.2, 0.25) is 10.0 Å². The summed E-state index contributed by atoms with van der Waals surface area (Å²) in [6.45, 7) is 8.22. The van der Waals surface area contributed by atoms with Gasteiger partial charge in [0.25, 0.3) is 5.91 Å². The number of likely N-dealkylation sites (N-methyl/N-ethyl adjacent to an activating group) is 1. The zero-order chi connectivity index (χ0) is 24.7. The molecule has 0 N–H and O–H groups in total. The van der Waals surface area contributed by atoms with Gasteiger partial charge < -0.3 is 14.2 Å². The van der Waals surface area contributed by atoms with Crippen LogP contribution in [0.15, 0.2) is 29.2 Å². The van der Waals surface area contributed by atoms with E-state index in [1.807, 2.05) is 13.0 Å². The molecule has 2 aromatic rings. The standard InChI is InChI=1S/C27H35N3O4S/c1-4-29-26-11-10-23(35(32,33)28-12-14-34-15-13-28)18-24(26)25(27(29)31)17-21-16-19(2)30(20(21)3)22-8-6-5-7-9-22/h10-11,16-18,22H,4-9,12-15H2,1-3H3. The number of amides is 1. The Morgan fingerprint density at radius 1 is 1.06 bits per heavy atom. The molecule has 0 unspecified atom stereocenters. The summed E-state index contributed by atoms with van der Waals surface area (Å²) in [6.07, 6.45) is 8.18. The number of aryl methyl sites for hydroxylation is 1. The SMILES string of the molecule is CCN1C(=O)C(=Cc2cc(C)n(C3CCCCC3)c2C)c2cc(S(=O)(=O)N3CCOCC3)ccc21. The Labute approximate surface area is 208 Å². The number of carbonyl (C=O) groups is 1. The lowest BCUT2D eigenvalue weighted by Gasteiger charge is -2.26. The first-order valence-electron chi connectivity index (χ1n) is 12.8. The van der Waals surface area contributed by atoms with Crippen LogP contribution in [-0.4, -0.2) is 56.0 Å². The molecule has 188 valence electrons. The second-order valence-electron chi connectivity index (χ2n) is 9.79. The van der Waals surface area contributed by atoms with Crippen molar-refractivity contribution >= 4 is 33.3 Å². The number of carbonyl (C=O) groups excluding carboxylic acids is 1. The van der Waals surface area contributed by atoms with Crippen LogP contribution in [0.4, 0.5) is 5.69 Å². The van der Waals surface area contributed by atoms with Crippen molar-refractivity contribution in [3.63, 3.8) is 0 Å². The zero-order valence-electron chi connectivity index (χ0n) is 20.9. The highest BCUT2D eigenvalue weighted by Gasteiger charge is 2.34. The quantitative estimate of drug-likeness (QED) is 0.569. The molecule has 0 bridgehead atoms.